The summed E-state index contributed by atoms with van der Waals surface area (Å²) in [4.78, 5) is 0.588. The van der Waals surface area contributed by atoms with Crippen molar-refractivity contribution in [2.24, 2.45) is 5.73 Å². The van der Waals surface area contributed by atoms with Gasteiger partial charge in [-0.25, -0.2) is 8.42 Å². The number of sulfone groups is 1. The fourth-order valence-electron chi connectivity index (χ4n) is 3.21. The third kappa shape index (κ3) is 3.43. The molecule has 24 heavy (non-hydrogen) atoms. The van der Waals surface area contributed by atoms with E-state index in [1.165, 1.54) is 12.7 Å². The minimum atomic E-state index is -3.54. The van der Waals surface area contributed by atoms with Crippen LogP contribution in [-0.2, 0) is 16.3 Å². The van der Waals surface area contributed by atoms with Crippen LogP contribution >= 0.6 is 12.4 Å². The molecule has 1 aliphatic carbocycles. The van der Waals surface area contributed by atoms with E-state index in [-0.39, 0.29) is 17.3 Å². The standard InChI is InChI=1S/C18H21NO3S.ClH/c1-22-15-6-3-7-16(11-15)23(20,21)17-8-9-18-13(10-17)4-2-5-14(18)12-19;/h3,6-11,14H,2,4-5,12,19H2,1H3;1H/t14-;/m0./s1. The molecule has 2 aromatic carbocycles. The van der Waals surface area contributed by atoms with Crippen molar-refractivity contribution in [2.45, 2.75) is 35.0 Å². The highest BCUT2D eigenvalue weighted by Gasteiger charge is 2.23. The van der Waals surface area contributed by atoms with E-state index in [0.29, 0.717) is 23.1 Å². The number of nitrogens with two attached hydrogens (primary N) is 1. The van der Waals surface area contributed by atoms with Crippen molar-refractivity contribution < 1.29 is 13.2 Å². The molecule has 0 aliphatic heterocycles. The minimum absolute atomic E-state index is 0. The molecule has 2 N–H and O–H groups in total. The molecule has 2 aromatic rings. The van der Waals surface area contributed by atoms with Crippen LogP contribution in [0.25, 0.3) is 0 Å². The number of halogens is 1. The van der Waals surface area contributed by atoms with E-state index in [1.807, 2.05) is 12.1 Å². The molecule has 1 atom stereocenters. The van der Waals surface area contributed by atoms with Gasteiger partial charge in [0, 0.05) is 0 Å². The number of aryl methyl sites for hydroxylation is 1. The molecule has 0 aromatic heterocycles. The fourth-order valence-corrected chi connectivity index (χ4v) is 4.55. The molecule has 4 nitrogen and oxygen atoms in total. The maximum absolute atomic E-state index is 12.9. The molecule has 0 saturated carbocycles. The quantitative estimate of drug-likeness (QED) is 0.899. The lowest BCUT2D eigenvalue weighted by atomic mass is 9.83. The first-order chi connectivity index (χ1) is 11.1. The van der Waals surface area contributed by atoms with Crippen molar-refractivity contribution >= 4 is 22.2 Å². The summed E-state index contributed by atoms with van der Waals surface area (Å²) in [5.74, 6) is 0.875. The average Bonchev–Trinajstić information content (AvgIpc) is 2.60. The van der Waals surface area contributed by atoms with Gasteiger partial charge in [-0.2, -0.15) is 0 Å². The summed E-state index contributed by atoms with van der Waals surface area (Å²) < 4.78 is 30.8. The summed E-state index contributed by atoms with van der Waals surface area (Å²) in [6.45, 7) is 0.606. The summed E-state index contributed by atoms with van der Waals surface area (Å²) in [6.07, 6.45) is 3.04. The number of ether oxygens (including phenoxy) is 1. The zero-order valence-corrected chi connectivity index (χ0v) is 15.2. The second-order valence-corrected chi connectivity index (χ2v) is 7.82. The Balaban J connectivity index is 0.00000208. The molecule has 3 rings (SSSR count). The van der Waals surface area contributed by atoms with Crippen LogP contribution in [0.3, 0.4) is 0 Å². The smallest absolute Gasteiger partial charge is 0.206 e. The first kappa shape index (κ1) is 18.8. The summed E-state index contributed by atoms with van der Waals surface area (Å²) in [6, 6.07) is 12.0. The highest BCUT2D eigenvalue weighted by atomic mass is 35.5. The van der Waals surface area contributed by atoms with Crippen LogP contribution in [0.1, 0.15) is 29.9 Å². The molecule has 1 aliphatic rings. The Morgan fingerprint density at radius 3 is 2.62 bits per heavy atom. The second kappa shape index (κ2) is 7.55. The summed E-state index contributed by atoms with van der Waals surface area (Å²) in [5.41, 5.74) is 8.14. The Hall–Kier alpha value is -1.56. The lowest BCUT2D eigenvalue weighted by Crippen LogP contribution is -2.18. The van der Waals surface area contributed by atoms with Crippen molar-refractivity contribution in [3.8, 4) is 5.75 Å². The number of hydrogen-bond acceptors (Lipinski definition) is 4. The lowest BCUT2D eigenvalue weighted by molar-refractivity contribution is 0.413. The Morgan fingerprint density at radius 1 is 1.17 bits per heavy atom. The third-order valence-electron chi connectivity index (χ3n) is 4.50. The predicted octanol–water partition coefficient (Wildman–Crippen LogP) is 3.33. The van der Waals surface area contributed by atoms with Gasteiger partial charge in [0.1, 0.15) is 5.75 Å². The van der Waals surface area contributed by atoms with Crippen molar-refractivity contribution in [1.82, 2.24) is 0 Å². The summed E-state index contributed by atoms with van der Waals surface area (Å²) >= 11 is 0. The molecule has 0 amide bonds. The molecule has 0 unspecified atom stereocenters. The summed E-state index contributed by atoms with van der Waals surface area (Å²) in [5, 5.41) is 0. The maximum Gasteiger partial charge on any atom is 0.206 e. The zero-order chi connectivity index (χ0) is 16.4. The Morgan fingerprint density at radius 2 is 1.92 bits per heavy atom. The molecular weight excluding hydrogens is 346 g/mol. The highest BCUT2D eigenvalue weighted by molar-refractivity contribution is 7.91. The van der Waals surface area contributed by atoms with E-state index in [9.17, 15) is 8.42 Å². The predicted molar refractivity (Wildman–Crippen MR) is 96.9 cm³/mol. The Bertz CT molecular complexity index is 821. The van der Waals surface area contributed by atoms with E-state index >= 15 is 0 Å². The Labute approximate surface area is 149 Å². The third-order valence-corrected chi connectivity index (χ3v) is 6.25. The lowest BCUT2D eigenvalue weighted by Gasteiger charge is -2.24. The van der Waals surface area contributed by atoms with Gasteiger partial charge in [-0.15, -0.1) is 12.4 Å². The van der Waals surface area contributed by atoms with E-state index in [4.69, 9.17) is 10.5 Å². The fraction of sp³-hybridized carbons (Fsp3) is 0.333. The number of methoxy groups -OCH3 is 1. The summed E-state index contributed by atoms with van der Waals surface area (Å²) in [7, 11) is -2.02. The number of rotatable bonds is 4. The monoisotopic (exact) mass is 367 g/mol. The van der Waals surface area contributed by atoms with Gasteiger partial charge in [-0.1, -0.05) is 12.1 Å². The van der Waals surface area contributed by atoms with Gasteiger partial charge in [-0.05, 0) is 73.2 Å². The van der Waals surface area contributed by atoms with Crippen LogP contribution in [0.15, 0.2) is 52.3 Å². The molecule has 0 heterocycles. The first-order valence-electron chi connectivity index (χ1n) is 7.78. The molecule has 0 saturated heterocycles. The molecule has 0 radical (unpaired) electrons. The van der Waals surface area contributed by atoms with Crippen LogP contribution in [0, 0.1) is 0 Å². The van der Waals surface area contributed by atoms with Crippen molar-refractivity contribution in [3.63, 3.8) is 0 Å². The molecule has 6 heteroatoms. The van der Waals surface area contributed by atoms with Crippen LogP contribution in [-0.4, -0.2) is 22.1 Å². The van der Waals surface area contributed by atoms with Crippen LogP contribution < -0.4 is 10.5 Å². The van der Waals surface area contributed by atoms with Gasteiger partial charge >= 0.3 is 0 Å². The molecule has 0 bridgehead atoms. The van der Waals surface area contributed by atoms with Gasteiger partial charge < -0.3 is 10.5 Å². The Kier molecular flexibility index (Phi) is 5.91. The SMILES string of the molecule is COc1cccc(S(=O)(=O)c2ccc3c(c2)CCC[C@H]3CN)c1.Cl. The number of fused-ring (bicyclic) bond motifs is 1. The zero-order valence-electron chi connectivity index (χ0n) is 13.6. The van der Waals surface area contributed by atoms with Gasteiger partial charge in [-0.3, -0.25) is 0 Å². The van der Waals surface area contributed by atoms with E-state index < -0.39 is 9.84 Å². The van der Waals surface area contributed by atoms with Gasteiger partial charge in [0.2, 0.25) is 9.84 Å². The van der Waals surface area contributed by atoms with E-state index in [0.717, 1.165) is 24.8 Å². The number of benzene rings is 2. The van der Waals surface area contributed by atoms with Gasteiger partial charge in [0.05, 0.1) is 16.9 Å². The molecule has 0 fully saturated rings. The van der Waals surface area contributed by atoms with Crippen LogP contribution in [0.4, 0.5) is 0 Å². The average molecular weight is 368 g/mol. The van der Waals surface area contributed by atoms with E-state index in [1.54, 1.807) is 30.3 Å². The maximum atomic E-state index is 12.9. The van der Waals surface area contributed by atoms with Crippen LogP contribution in [0.5, 0.6) is 5.75 Å². The minimum Gasteiger partial charge on any atom is -0.497 e. The first-order valence-corrected chi connectivity index (χ1v) is 9.26. The van der Waals surface area contributed by atoms with Crippen molar-refractivity contribution in [1.29, 1.82) is 0 Å². The van der Waals surface area contributed by atoms with Gasteiger partial charge in [0.25, 0.3) is 0 Å². The number of hydrogen-bond donors (Lipinski definition) is 1. The topological polar surface area (TPSA) is 69.4 Å². The van der Waals surface area contributed by atoms with Crippen molar-refractivity contribution in [3.05, 3.63) is 53.6 Å². The molecular formula is C18H22ClNO3S. The van der Waals surface area contributed by atoms with Crippen molar-refractivity contribution in [2.75, 3.05) is 13.7 Å². The second-order valence-electron chi connectivity index (χ2n) is 5.87. The van der Waals surface area contributed by atoms with E-state index in [2.05, 4.69) is 0 Å². The normalized spacial score (nSPS) is 16.8. The molecule has 130 valence electrons. The largest absolute Gasteiger partial charge is 0.497 e. The van der Waals surface area contributed by atoms with Gasteiger partial charge in [0.15, 0.2) is 0 Å². The highest BCUT2D eigenvalue weighted by Crippen LogP contribution is 2.33. The molecule has 0 spiro atoms. The van der Waals surface area contributed by atoms with Crippen LogP contribution in [0.2, 0.25) is 0 Å².